The van der Waals surface area contributed by atoms with E-state index in [1.807, 2.05) is 31.2 Å². The largest absolute Gasteiger partial charge is 0.378 e. The van der Waals surface area contributed by atoms with Crippen LogP contribution in [-0.4, -0.2) is 37.8 Å². The maximum atomic E-state index is 12.0. The first-order valence-corrected chi connectivity index (χ1v) is 8.02. The van der Waals surface area contributed by atoms with Crippen molar-refractivity contribution in [3.8, 4) is 11.8 Å². The van der Waals surface area contributed by atoms with E-state index >= 15 is 0 Å². The number of nitrogens with zero attached hydrogens (tertiary/aromatic N) is 2. The predicted octanol–water partition coefficient (Wildman–Crippen LogP) is 1.57. The molecule has 0 radical (unpaired) electrons. The molecule has 1 aromatic heterocycles. The van der Waals surface area contributed by atoms with Gasteiger partial charge in [-0.15, -0.1) is 0 Å². The van der Waals surface area contributed by atoms with Crippen LogP contribution in [0.3, 0.4) is 0 Å². The first kappa shape index (κ1) is 16.2. The molecule has 2 unspecified atom stereocenters. The minimum atomic E-state index is -1.08. The summed E-state index contributed by atoms with van der Waals surface area (Å²) in [5.41, 5.74) is 0.937. The minimum absolute atomic E-state index is 0.131. The molecule has 1 fully saturated rings. The van der Waals surface area contributed by atoms with Gasteiger partial charge >= 0.3 is 0 Å². The van der Waals surface area contributed by atoms with Crippen LogP contribution in [0.2, 0.25) is 0 Å². The number of hydrogen-bond acceptors (Lipinski definition) is 4. The zero-order valence-corrected chi connectivity index (χ0v) is 13.5. The van der Waals surface area contributed by atoms with Gasteiger partial charge in [-0.1, -0.05) is 24.0 Å². The summed E-state index contributed by atoms with van der Waals surface area (Å²) in [7, 11) is 0. The zero-order valence-electron chi connectivity index (χ0n) is 13.5. The molecular formula is C18H20N4O2. The van der Waals surface area contributed by atoms with Crippen molar-refractivity contribution >= 4 is 5.91 Å². The Labute approximate surface area is 140 Å². The van der Waals surface area contributed by atoms with E-state index in [9.17, 15) is 9.90 Å². The Hall–Kier alpha value is -2.65. The number of hydrogen-bond donors (Lipinski definition) is 3. The van der Waals surface area contributed by atoms with Gasteiger partial charge < -0.3 is 10.4 Å². The van der Waals surface area contributed by atoms with Gasteiger partial charge in [-0.2, -0.15) is 5.10 Å². The van der Waals surface area contributed by atoms with Crippen LogP contribution in [0.4, 0.5) is 0 Å². The van der Waals surface area contributed by atoms with Crippen LogP contribution in [0.25, 0.3) is 0 Å². The van der Waals surface area contributed by atoms with Gasteiger partial charge in [0, 0.05) is 18.0 Å². The average Bonchev–Trinajstić information content (AvgIpc) is 3.08. The van der Waals surface area contributed by atoms with Gasteiger partial charge in [-0.25, -0.2) is 4.98 Å². The average molecular weight is 324 g/mol. The standard InChI is InChI=1S/C18H20N4O2/c1-13-4-2-5-14(10-13)7-9-18(24)8-3-6-15(11-18)21-17(23)16-19-12-20-22-16/h2,4-5,10,12,15,24H,3,6,8,11H2,1H3,(H,21,23)(H,19,20,22). The molecule has 0 saturated heterocycles. The van der Waals surface area contributed by atoms with Gasteiger partial charge in [0.05, 0.1) is 0 Å². The Balaban J connectivity index is 1.67. The normalized spacial score (nSPS) is 23.2. The van der Waals surface area contributed by atoms with Crippen LogP contribution < -0.4 is 5.32 Å². The summed E-state index contributed by atoms with van der Waals surface area (Å²) < 4.78 is 0. The molecule has 6 heteroatoms. The molecule has 2 aromatic rings. The monoisotopic (exact) mass is 324 g/mol. The molecule has 0 bridgehead atoms. The van der Waals surface area contributed by atoms with Crippen LogP contribution in [0.1, 0.15) is 47.4 Å². The van der Waals surface area contributed by atoms with Gasteiger partial charge in [0.1, 0.15) is 11.9 Å². The number of carbonyl (C=O) groups is 1. The Morgan fingerprint density at radius 3 is 3.12 bits per heavy atom. The van der Waals surface area contributed by atoms with Crippen LogP contribution in [0.5, 0.6) is 0 Å². The van der Waals surface area contributed by atoms with Crippen LogP contribution >= 0.6 is 0 Å². The van der Waals surface area contributed by atoms with Crippen molar-refractivity contribution in [3.05, 3.63) is 47.5 Å². The SMILES string of the molecule is Cc1cccc(C#CC2(O)CCCC(NC(=O)c3ncn[nH]3)C2)c1. The zero-order chi connectivity index (χ0) is 17.0. The molecule has 1 aliphatic rings. The smallest absolute Gasteiger partial charge is 0.288 e. The van der Waals surface area contributed by atoms with E-state index in [0.717, 1.165) is 24.0 Å². The Kier molecular flexibility index (Phi) is 4.63. The van der Waals surface area contributed by atoms with Crippen molar-refractivity contribution in [2.45, 2.75) is 44.2 Å². The molecule has 3 rings (SSSR count). The molecule has 1 aliphatic carbocycles. The number of aromatic amines is 1. The number of aliphatic hydroxyl groups is 1. The quantitative estimate of drug-likeness (QED) is 0.731. The summed E-state index contributed by atoms with van der Waals surface area (Å²) in [5.74, 6) is 5.92. The van der Waals surface area contributed by atoms with Gasteiger partial charge in [-0.3, -0.25) is 9.89 Å². The molecule has 1 saturated carbocycles. The second-order valence-corrected chi connectivity index (χ2v) is 6.25. The number of aromatic nitrogens is 3. The predicted molar refractivity (Wildman–Crippen MR) is 89.1 cm³/mol. The Morgan fingerprint density at radius 2 is 2.38 bits per heavy atom. The van der Waals surface area contributed by atoms with Gasteiger partial charge in [0.25, 0.3) is 5.91 Å². The molecule has 1 heterocycles. The summed E-state index contributed by atoms with van der Waals surface area (Å²) in [6.45, 7) is 2.01. The van der Waals surface area contributed by atoms with Crippen molar-refractivity contribution in [1.82, 2.24) is 20.5 Å². The van der Waals surface area contributed by atoms with Gasteiger partial charge in [0.15, 0.2) is 0 Å². The highest BCUT2D eigenvalue weighted by molar-refractivity contribution is 5.90. The minimum Gasteiger partial charge on any atom is -0.378 e. The van der Waals surface area contributed by atoms with E-state index in [4.69, 9.17) is 0 Å². The van der Waals surface area contributed by atoms with Crippen LogP contribution in [-0.2, 0) is 0 Å². The molecule has 24 heavy (non-hydrogen) atoms. The highest BCUT2D eigenvalue weighted by Crippen LogP contribution is 2.28. The fourth-order valence-corrected chi connectivity index (χ4v) is 2.97. The highest BCUT2D eigenvalue weighted by Gasteiger charge is 2.33. The summed E-state index contributed by atoms with van der Waals surface area (Å²) in [4.78, 5) is 15.9. The van der Waals surface area contributed by atoms with Crippen molar-refractivity contribution in [2.24, 2.45) is 0 Å². The second kappa shape index (κ2) is 6.85. The van der Waals surface area contributed by atoms with E-state index in [1.165, 1.54) is 6.33 Å². The van der Waals surface area contributed by atoms with Crippen LogP contribution in [0.15, 0.2) is 30.6 Å². The lowest BCUT2D eigenvalue weighted by Gasteiger charge is -2.33. The van der Waals surface area contributed by atoms with Gasteiger partial charge in [-0.05, 0) is 43.9 Å². The van der Waals surface area contributed by atoms with E-state index in [2.05, 4.69) is 32.3 Å². The molecular weight excluding hydrogens is 304 g/mol. The lowest BCUT2D eigenvalue weighted by Crippen LogP contribution is -2.45. The summed E-state index contributed by atoms with van der Waals surface area (Å²) >= 11 is 0. The van der Waals surface area contributed by atoms with E-state index in [1.54, 1.807) is 0 Å². The van der Waals surface area contributed by atoms with E-state index < -0.39 is 5.60 Å². The second-order valence-electron chi connectivity index (χ2n) is 6.25. The number of nitrogens with one attached hydrogen (secondary N) is 2. The topological polar surface area (TPSA) is 90.9 Å². The number of aryl methyl sites for hydroxylation is 1. The number of amides is 1. The number of benzene rings is 1. The molecule has 3 N–H and O–H groups in total. The number of H-pyrrole nitrogens is 1. The Morgan fingerprint density at radius 1 is 1.50 bits per heavy atom. The summed E-state index contributed by atoms with van der Waals surface area (Å²) in [5, 5.41) is 19.8. The Bertz CT molecular complexity index is 776. The third-order valence-corrected chi connectivity index (χ3v) is 4.15. The molecule has 6 nitrogen and oxygen atoms in total. The van der Waals surface area contributed by atoms with Crippen molar-refractivity contribution in [1.29, 1.82) is 0 Å². The number of carbonyl (C=O) groups excluding carboxylic acids is 1. The van der Waals surface area contributed by atoms with Crippen LogP contribution in [0, 0.1) is 18.8 Å². The number of rotatable bonds is 2. The third-order valence-electron chi connectivity index (χ3n) is 4.15. The summed E-state index contributed by atoms with van der Waals surface area (Å²) in [6, 6.07) is 7.74. The van der Waals surface area contributed by atoms with E-state index in [0.29, 0.717) is 12.8 Å². The third kappa shape index (κ3) is 4.00. The first-order chi connectivity index (χ1) is 11.5. The molecule has 2 atom stereocenters. The molecule has 1 aromatic carbocycles. The molecule has 0 aliphatic heterocycles. The maximum absolute atomic E-state index is 12.0. The lowest BCUT2D eigenvalue weighted by atomic mass is 9.82. The fourth-order valence-electron chi connectivity index (χ4n) is 2.97. The fraction of sp³-hybridized carbons (Fsp3) is 0.389. The lowest BCUT2D eigenvalue weighted by molar-refractivity contribution is 0.0450. The van der Waals surface area contributed by atoms with E-state index in [-0.39, 0.29) is 17.8 Å². The molecule has 124 valence electrons. The summed E-state index contributed by atoms with van der Waals surface area (Å²) in [6.07, 6.45) is 3.93. The van der Waals surface area contributed by atoms with Crippen molar-refractivity contribution in [3.63, 3.8) is 0 Å². The molecule has 0 spiro atoms. The van der Waals surface area contributed by atoms with Gasteiger partial charge in [0.2, 0.25) is 5.82 Å². The highest BCUT2D eigenvalue weighted by atomic mass is 16.3. The van der Waals surface area contributed by atoms with Crippen molar-refractivity contribution < 1.29 is 9.90 Å². The maximum Gasteiger partial charge on any atom is 0.288 e. The molecule has 1 amide bonds. The van der Waals surface area contributed by atoms with Crippen molar-refractivity contribution in [2.75, 3.05) is 0 Å². The first-order valence-electron chi connectivity index (χ1n) is 8.02.